The van der Waals surface area contributed by atoms with Gasteiger partial charge >= 0.3 is 0 Å². The lowest BCUT2D eigenvalue weighted by Crippen LogP contribution is -1.98. The molecule has 0 aliphatic rings. The quantitative estimate of drug-likeness (QED) is 0.792. The lowest BCUT2D eigenvalue weighted by Gasteiger charge is -2.05. The molecule has 0 unspecified atom stereocenters. The molecule has 0 fully saturated rings. The standard InChI is InChI=1S/C14H13N3OS/c15-7-11-9-19-14(17-11)8-18-12-3-4-13-10(6-12)2-1-5-16-13/h1-6,9H,7-8,15H2. The van der Waals surface area contributed by atoms with E-state index in [-0.39, 0.29) is 0 Å². The molecule has 0 aliphatic heterocycles. The summed E-state index contributed by atoms with van der Waals surface area (Å²) in [5.41, 5.74) is 7.40. The van der Waals surface area contributed by atoms with E-state index in [1.165, 1.54) is 0 Å². The minimum Gasteiger partial charge on any atom is -0.486 e. The second kappa shape index (κ2) is 5.34. The predicted octanol–water partition coefficient (Wildman–Crippen LogP) is 2.73. The van der Waals surface area contributed by atoms with Gasteiger partial charge < -0.3 is 10.5 Å². The Morgan fingerprint density at radius 2 is 2.21 bits per heavy atom. The molecule has 0 amide bonds. The Hall–Kier alpha value is -1.98. The van der Waals surface area contributed by atoms with Crippen LogP contribution in [0.15, 0.2) is 41.9 Å². The van der Waals surface area contributed by atoms with E-state index in [1.54, 1.807) is 17.5 Å². The van der Waals surface area contributed by atoms with Crippen LogP contribution < -0.4 is 10.5 Å². The summed E-state index contributed by atoms with van der Waals surface area (Å²) in [5, 5.41) is 3.97. The van der Waals surface area contributed by atoms with Crippen molar-refractivity contribution in [3.05, 3.63) is 52.6 Å². The van der Waals surface area contributed by atoms with Crippen molar-refractivity contribution in [1.82, 2.24) is 9.97 Å². The summed E-state index contributed by atoms with van der Waals surface area (Å²) in [6.45, 7) is 0.939. The number of nitrogens with zero attached hydrogens (tertiary/aromatic N) is 2. The van der Waals surface area contributed by atoms with Gasteiger partial charge in [0, 0.05) is 23.5 Å². The van der Waals surface area contributed by atoms with E-state index >= 15 is 0 Å². The lowest BCUT2D eigenvalue weighted by molar-refractivity contribution is 0.305. The maximum absolute atomic E-state index is 5.74. The van der Waals surface area contributed by atoms with Gasteiger partial charge in [-0.05, 0) is 24.3 Å². The first-order valence-electron chi connectivity index (χ1n) is 5.96. The fourth-order valence-electron chi connectivity index (χ4n) is 1.80. The third-order valence-corrected chi connectivity index (χ3v) is 3.62. The zero-order valence-corrected chi connectivity index (χ0v) is 11.1. The van der Waals surface area contributed by atoms with E-state index in [9.17, 15) is 0 Å². The van der Waals surface area contributed by atoms with E-state index in [1.807, 2.05) is 35.7 Å². The molecule has 3 rings (SSSR count). The molecule has 2 N–H and O–H groups in total. The Bertz CT molecular complexity index is 696. The van der Waals surface area contributed by atoms with Crippen LogP contribution in [-0.2, 0) is 13.2 Å². The molecule has 2 aromatic heterocycles. The van der Waals surface area contributed by atoms with Crippen LogP contribution in [0.3, 0.4) is 0 Å². The van der Waals surface area contributed by atoms with Crippen molar-refractivity contribution in [3.8, 4) is 5.75 Å². The minimum absolute atomic E-state index is 0.469. The highest BCUT2D eigenvalue weighted by molar-refractivity contribution is 7.09. The van der Waals surface area contributed by atoms with Crippen LogP contribution in [0.1, 0.15) is 10.7 Å². The number of nitrogens with two attached hydrogens (primary N) is 1. The number of hydrogen-bond acceptors (Lipinski definition) is 5. The van der Waals surface area contributed by atoms with E-state index < -0.39 is 0 Å². The number of hydrogen-bond donors (Lipinski definition) is 1. The monoisotopic (exact) mass is 271 g/mol. The Balaban J connectivity index is 1.74. The second-order valence-corrected chi connectivity index (χ2v) is 5.03. The van der Waals surface area contributed by atoms with Crippen molar-refractivity contribution in [1.29, 1.82) is 0 Å². The molecule has 0 radical (unpaired) electrons. The molecule has 1 aromatic carbocycles. The molecule has 0 bridgehead atoms. The van der Waals surface area contributed by atoms with Gasteiger partial charge in [-0.1, -0.05) is 6.07 Å². The van der Waals surface area contributed by atoms with Gasteiger partial charge in [0.15, 0.2) is 0 Å². The van der Waals surface area contributed by atoms with E-state index in [0.717, 1.165) is 27.4 Å². The zero-order valence-electron chi connectivity index (χ0n) is 10.2. The molecular formula is C14H13N3OS. The fourth-order valence-corrected chi connectivity index (χ4v) is 2.52. The predicted molar refractivity (Wildman–Crippen MR) is 76.1 cm³/mol. The molecule has 0 atom stereocenters. The highest BCUT2D eigenvalue weighted by Gasteiger charge is 2.02. The fraction of sp³-hybridized carbons (Fsp3) is 0.143. The molecule has 0 saturated heterocycles. The molecule has 96 valence electrons. The van der Waals surface area contributed by atoms with Crippen molar-refractivity contribution in [2.24, 2.45) is 5.73 Å². The SMILES string of the molecule is NCc1csc(COc2ccc3ncccc3c2)n1. The molecule has 5 heteroatoms. The summed E-state index contributed by atoms with van der Waals surface area (Å²) in [5.74, 6) is 0.824. The van der Waals surface area contributed by atoms with Crippen LogP contribution in [0.25, 0.3) is 10.9 Å². The third-order valence-electron chi connectivity index (χ3n) is 2.75. The first-order valence-corrected chi connectivity index (χ1v) is 6.84. The van der Waals surface area contributed by atoms with Crippen LogP contribution in [0, 0.1) is 0 Å². The Morgan fingerprint density at radius 3 is 3.05 bits per heavy atom. The van der Waals surface area contributed by atoms with Crippen LogP contribution >= 0.6 is 11.3 Å². The van der Waals surface area contributed by atoms with Gasteiger partial charge in [-0.2, -0.15) is 0 Å². The van der Waals surface area contributed by atoms with E-state index in [4.69, 9.17) is 10.5 Å². The Labute approximate surface area is 114 Å². The molecular weight excluding hydrogens is 258 g/mol. The first-order chi connectivity index (χ1) is 9.35. The average Bonchev–Trinajstić information content (AvgIpc) is 2.93. The summed E-state index contributed by atoms with van der Waals surface area (Å²) in [7, 11) is 0. The summed E-state index contributed by atoms with van der Waals surface area (Å²) in [4.78, 5) is 8.64. The third kappa shape index (κ3) is 2.72. The Morgan fingerprint density at radius 1 is 1.26 bits per heavy atom. The van der Waals surface area contributed by atoms with Crippen molar-refractivity contribution in [2.45, 2.75) is 13.2 Å². The summed E-state index contributed by atoms with van der Waals surface area (Å²) >= 11 is 1.57. The molecule has 19 heavy (non-hydrogen) atoms. The van der Waals surface area contributed by atoms with Crippen LogP contribution in [0.2, 0.25) is 0 Å². The van der Waals surface area contributed by atoms with Crippen molar-refractivity contribution in [2.75, 3.05) is 0 Å². The number of fused-ring (bicyclic) bond motifs is 1. The molecule has 0 saturated carbocycles. The first kappa shape index (κ1) is 12.1. The minimum atomic E-state index is 0.469. The summed E-state index contributed by atoms with van der Waals surface area (Å²) < 4.78 is 5.74. The van der Waals surface area contributed by atoms with E-state index in [2.05, 4.69) is 9.97 Å². The zero-order chi connectivity index (χ0) is 13.1. The Kier molecular flexibility index (Phi) is 3.39. The number of rotatable bonds is 4. The van der Waals surface area contributed by atoms with Gasteiger partial charge in [0.1, 0.15) is 17.4 Å². The molecule has 4 nitrogen and oxygen atoms in total. The molecule has 3 aromatic rings. The normalized spacial score (nSPS) is 10.8. The number of thiazole rings is 1. The van der Waals surface area contributed by atoms with Gasteiger partial charge in [0.05, 0.1) is 11.2 Å². The van der Waals surface area contributed by atoms with Crippen molar-refractivity contribution >= 4 is 22.2 Å². The number of aromatic nitrogens is 2. The number of benzene rings is 1. The second-order valence-electron chi connectivity index (χ2n) is 4.08. The number of pyridine rings is 1. The highest BCUT2D eigenvalue weighted by atomic mass is 32.1. The average molecular weight is 271 g/mol. The maximum atomic E-state index is 5.74. The van der Waals surface area contributed by atoms with Gasteiger partial charge in [-0.25, -0.2) is 4.98 Å². The number of ether oxygens (including phenoxy) is 1. The van der Waals surface area contributed by atoms with Crippen LogP contribution in [-0.4, -0.2) is 9.97 Å². The largest absolute Gasteiger partial charge is 0.486 e. The van der Waals surface area contributed by atoms with Gasteiger partial charge in [0.2, 0.25) is 0 Å². The van der Waals surface area contributed by atoms with Gasteiger partial charge in [-0.15, -0.1) is 11.3 Å². The topological polar surface area (TPSA) is 61.0 Å². The van der Waals surface area contributed by atoms with Gasteiger partial charge in [0.25, 0.3) is 0 Å². The lowest BCUT2D eigenvalue weighted by atomic mass is 10.2. The van der Waals surface area contributed by atoms with Crippen molar-refractivity contribution < 1.29 is 4.74 Å². The summed E-state index contributed by atoms with van der Waals surface area (Å²) in [6, 6.07) is 9.80. The molecule has 2 heterocycles. The summed E-state index contributed by atoms with van der Waals surface area (Å²) in [6.07, 6.45) is 1.78. The van der Waals surface area contributed by atoms with Gasteiger partial charge in [-0.3, -0.25) is 4.98 Å². The molecule has 0 aliphatic carbocycles. The highest BCUT2D eigenvalue weighted by Crippen LogP contribution is 2.20. The van der Waals surface area contributed by atoms with E-state index in [0.29, 0.717) is 13.2 Å². The molecule has 0 spiro atoms. The maximum Gasteiger partial charge on any atom is 0.140 e. The van der Waals surface area contributed by atoms with Crippen LogP contribution in [0.4, 0.5) is 0 Å². The van der Waals surface area contributed by atoms with Crippen LogP contribution in [0.5, 0.6) is 5.75 Å². The smallest absolute Gasteiger partial charge is 0.140 e. The van der Waals surface area contributed by atoms with Crippen molar-refractivity contribution in [3.63, 3.8) is 0 Å².